The third-order valence-electron chi connectivity index (χ3n) is 28.2. The molecule has 0 aromatic heterocycles. The van der Waals surface area contributed by atoms with Gasteiger partial charge in [0.2, 0.25) is 0 Å². The minimum Gasteiger partial charge on any atom is -0.309 e. The zero-order valence-electron chi connectivity index (χ0n) is 90.7. The Morgan fingerprint density at radius 1 is 0.132 bits per heavy atom. The molecule has 6 nitrogen and oxygen atoms in total. The van der Waals surface area contributed by atoms with Crippen LogP contribution in [0.1, 0.15) is 254 Å². The zero-order valence-corrected chi connectivity index (χ0v) is 93.0. The van der Waals surface area contributed by atoms with E-state index in [2.05, 4.69) is 583 Å². The van der Waals surface area contributed by atoms with Crippen LogP contribution >= 0.6 is 34.8 Å². The average Bonchev–Trinajstić information content (AvgIpc) is 0.762. The maximum Gasteiger partial charge on any atom is 0.0887 e. The summed E-state index contributed by atoms with van der Waals surface area (Å²) in [7, 11) is 0. The molecule has 0 fully saturated rings. The summed E-state index contributed by atoms with van der Waals surface area (Å²) in [4.78, 5) is 14.0. The second-order valence-corrected chi connectivity index (χ2v) is 50.1. The Hall–Kier alpha value is -12.8. The van der Waals surface area contributed by atoms with E-state index in [-0.39, 0.29) is 48.7 Å². The molecule has 0 radical (unpaired) electrons. The highest BCUT2D eigenvalue weighted by Gasteiger charge is 2.33. The van der Waals surface area contributed by atoms with Gasteiger partial charge < -0.3 is 29.4 Å². The van der Waals surface area contributed by atoms with Crippen LogP contribution in [0.25, 0.3) is 33.4 Å². The molecular weight excluding hydrogens is 1810 g/mol. The number of rotatable bonds is 21. The highest BCUT2D eigenvalue weighted by atomic mass is 35.5. The fourth-order valence-corrected chi connectivity index (χ4v) is 20.1. The van der Waals surface area contributed by atoms with Crippen molar-refractivity contribution < 1.29 is 0 Å². The molecule has 144 heavy (non-hydrogen) atoms. The predicted octanol–water partition coefficient (Wildman–Crippen LogP) is 42.1. The standard InChI is InChI=1S/C135H147Cl3N6/c1-88-79-118(124(136)121(82-88)142(112-67-43-100(44-68-112)130(13,14)15)113-69-45-101(46-70-113)131(16,17)18)139(109-61-37-97(38-62-109)127(4,5)6)106-55-31-91(32-56-106)94-85-95(92-33-57-107(58-34-92)140(110-63-39-98(40-64-110)128(7,8)9)119-80-89(2)83-122(125(119)137)143(114-71-47-102(48-72-114)132(19,20)21)115-73-49-103(50-74-115)133(22,23)24)87-96(86-94)93-35-59-108(60-36-93)141(111-65-41-99(42-66-111)129(10,11)12)120-81-90(3)84-123(126(120)138)144(116-75-51-104(52-76-116)134(25,26)27)117-77-53-105(54-78-117)135(28,29)30/h31-87H,1-30H3. The molecule has 16 aromatic carbocycles. The van der Waals surface area contributed by atoms with Crippen molar-refractivity contribution in [1.29, 1.82) is 0 Å². The van der Waals surface area contributed by atoms with Gasteiger partial charge in [-0.3, -0.25) is 0 Å². The molecule has 0 saturated heterocycles. The molecule has 16 aromatic rings. The number of nitrogens with zero attached hydrogens (tertiary/aromatic N) is 6. The van der Waals surface area contributed by atoms with Gasteiger partial charge >= 0.3 is 0 Å². The largest absolute Gasteiger partial charge is 0.309 e. The summed E-state index contributed by atoms with van der Waals surface area (Å²) in [6.07, 6.45) is 0. The maximum absolute atomic E-state index is 8.28. The van der Waals surface area contributed by atoms with E-state index in [1.165, 1.54) is 50.1 Å². The van der Waals surface area contributed by atoms with Crippen LogP contribution in [0.2, 0.25) is 15.1 Å². The highest BCUT2D eigenvalue weighted by molar-refractivity contribution is 6.38. The maximum atomic E-state index is 8.28. The van der Waals surface area contributed by atoms with Gasteiger partial charge in [0, 0.05) is 68.2 Å². The van der Waals surface area contributed by atoms with Crippen molar-refractivity contribution in [2.45, 2.75) is 256 Å². The summed E-state index contributed by atoms with van der Waals surface area (Å²) < 4.78 is 0. The number of halogens is 3. The Bertz CT molecular complexity index is 6360. The molecule has 0 amide bonds. The van der Waals surface area contributed by atoms with Gasteiger partial charge in [0.25, 0.3) is 0 Å². The van der Waals surface area contributed by atoms with E-state index in [1.807, 2.05) is 0 Å². The van der Waals surface area contributed by atoms with Crippen LogP contribution in [-0.2, 0) is 48.7 Å². The highest BCUT2D eigenvalue weighted by Crippen LogP contribution is 2.55. The van der Waals surface area contributed by atoms with Crippen molar-refractivity contribution in [3.05, 3.63) is 428 Å². The smallest absolute Gasteiger partial charge is 0.0887 e. The number of benzene rings is 16. The lowest BCUT2D eigenvalue weighted by molar-refractivity contribution is 0.590. The predicted molar refractivity (Wildman–Crippen MR) is 628 cm³/mol. The number of aryl methyl sites for hydroxylation is 3. The Kier molecular flexibility index (Phi) is 28.9. The summed E-state index contributed by atoms with van der Waals surface area (Å²) in [5.74, 6) is 0. The summed E-state index contributed by atoms with van der Waals surface area (Å²) >= 11 is 24.8. The molecule has 0 aliphatic rings. The summed E-state index contributed by atoms with van der Waals surface area (Å²) in [5, 5.41) is 1.85. The van der Waals surface area contributed by atoms with E-state index in [1.54, 1.807) is 0 Å². The van der Waals surface area contributed by atoms with Gasteiger partial charge in [0.1, 0.15) is 0 Å². The monoisotopic (exact) mass is 1960 g/mol. The lowest BCUT2D eigenvalue weighted by atomic mass is 9.86. The minimum atomic E-state index is -0.0882. The molecular formula is C135H147Cl3N6. The van der Waals surface area contributed by atoms with Crippen LogP contribution < -0.4 is 29.4 Å². The van der Waals surface area contributed by atoms with E-state index >= 15 is 0 Å². The second-order valence-electron chi connectivity index (χ2n) is 49.0. The quantitative estimate of drug-likeness (QED) is 0.0709. The van der Waals surface area contributed by atoms with Gasteiger partial charge in [-0.1, -0.05) is 367 Å². The lowest BCUT2D eigenvalue weighted by Crippen LogP contribution is -2.16. The van der Waals surface area contributed by atoms with E-state index in [4.69, 9.17) is 34.8 Å². The van der Waals surface area contributed by atoms with Crippen molar-refractivity contribution >= 4 is 137 Å². The first-order valence-corrected chi connectivity index (χ1v) is 52.3. The fourth-order valence-electron chi connectivity index (χ4n) is 19.3. The van der Waals surface area contributed by atoms with Crippen LogP contribution in [0.4, 0.5) is 102 Å². The molecule has 0 N–H and O–H groups in total. The van der Waals surface area contributed by atoms with Gasteiger partial charge in [-0.15, -0.1) is 0 Å². The molecule has 0 unspecified atom stereocenters. The number of hydrogen-bond donors (Lipinski definition) is 0. The topological polar surface area (TPSA) is 19.4 Å². The van der Waals surface area contributed by atoms with Crippen molar-refractivity contribution in [3.8, 4) is 33.4 Å². The van der Waals surface area contributed by atoms with Crippen molar-refractivity contribution in [2.75, 3.05) is 29.4 Å². The van der Waals surface area contributed by atoms with E-state index in [9.17, 15) is 0 Å². The van der Waals surface area contributed by atoms with Crippen LogP contribution in [-0.4, -0.2) is 0 Å². The van der Waals surface area contributed by atoms with Crippen molar-refractivity contribution in [1.82, 2.24) is 0 Å². The first-order chi connectivity index (χ1) is 67.5. The van der Waals surface area contributed by atoms with Crippen LogP contribution in [0.15, 0.2) is 346 Å². The number of hydrogen-bond acceptors (Lipinski definition) is 6. The van der Waals surface area contributed by atoms with E-state index in [0.29, 0.717) is 15.1 Å². The average molecular weight is 1960 g/mol. The Morgan fingerprint density at radius 3 is 0.326 bits per heavy atom. The molecule has 0 saturated carbocycles. The normalized spacial score (nSPS) is 12.5. The van der Waals surface area contributed by atoms with Gasteiger partial charge in [-0.25, -0.2) is 0 Å². The van der Waals surface area contributed by atoms with Crippen LogP contribution in [0, 0.1) is 20.8 Å². The molecule has 0 bridgehead atoms. The van der Waals surface area contributed by atoms with E-state index in [0.717, 1.165) is 152 Å². The van der Waals surface area contributed by atoms with Gasteiger partial charge in [-0.05, 0) is 370 Å². The lowest BCUT2D eigenvalue weighted by Gasteiger charge is -2.32. The molecule has 0 spiro atoms. The first kappa shape index (κ1) is 104. The Labute approximate surface area is 877 Å². The molecule has 0 heterocycles. The molecule has 9 heteroatoms. The first-order valence-electron chi connectivity index (χ1n) is 51.1. The summed E-state index contributed by atoms with van der Waals surface area (Å²) in [6.45, 7) is 67.8. The van der Waals surface area contributed by atoms with Crippen LogP contribution in [0.3, 0.4) is 0 Å². The SMILES string of the molecule is Cc1cc(N(c2ccc(-c3cc(-c4ccc(N(c5ccc(C(C)(C)C)cc5)c5cc(C)cc(N(c6ccc(C(C)(C)C)cc6)c6ccc(C(C)(C)C)cc6)c5Cl)cc4)cc(-c4ccc(N(c5ccc(C(C)(C)C)cc5)c5cc(C)cc(N(c6ccc(C(C)(C)C)cc6)c6ccc(C(C)(C)C)cc6)c5Cl)cc4)c3)cc2)c2ccc(C(C)(C)C)cc2)c(Cl)c(N(c2ccc(C(C)(C)C)cc2)c2ccc(C(C)(C)C)cc2)c1. The summed E-state index contributed by atoms with van der Waals surface area (Å²) in [5.41, 5.74) is 37.2. The Morgan fingerprint density at radius 2 is 0.229 bits per heavy atom. The van der Waals surface area contributed by atoms with Crippen LogP contribution in [0.5, 0.6) is 0 Å². The van der Waals surface area contributed by atoms with Crippen molar-refractivity contribution in [2.24, 2.45) is 0 Å². The zero-order chi connectivity index (χ0) is 104. The molecule has 0 atom stereocenters. The third-order valence-corrected chi connectivity index (χ3v) is 29.4. The molecule has 0 aliphatic heterocycles. The number of anilines is 18. The molecule has 0 aliphatic carbocycles. The molecule has 16 rings (SSSR count). The van der Waals surface area contributed by atoms with Gasteiger partial charge in [-0.2, -0.15) is 0 Å². The Balaban J connectivity index is 0.869. The second kappa shape index (κ2) is 40.0. The van der Waals surface area contributed by atoms with Gasteiger partial charge in [0.05, 0.1) is 49.2 Å². The van der Waals surface area contributed by atoms with E-state index < -0.39 is 0 Å². The minimum absolute atomic E-state index is 0.0448. The summed E-state index contributed by atoms with van der Waals surface area (Å²) in [6, 6.07) is 129. The van der Waals surface area contributed by atoms with Crippen molar-refractivity contribution in [3.63, 3.8) is 0 Å². The fraction of sp³-hybridized carbons (Fsp3) is 0.289. The van der Waals surface area contributed by atoms with Gasteiger partial charge in [0.15, 0.2) is 0 Å². The third kappa shape index (κ3) is 22.8. The molecule has 738 valence electrons.